The summed E-state index contributed by atoms with van der Waals surface area (Å²) >= 11 is 0. The largest absolute Gasteiger partial charge is 0.449 e. The third kappa shape index (κ3) is 5.93. The number of carbonyl (C=O) groups is 3. The maximum Gasteiger partial charge on any atom is 0.409 e. The Morgan fingerprint density at radius 3 is 2.20 bits per heavy atom. The van der Waals surface area contributed by atoms with E-state index in [0.29, 0.717) is 50.4 Å². The Hall–Kier alpha value is -3.54. The molecule has 3 aliphatic rings. The lowest BCUT2D eigenvalue weighted by molar-refractivity contribution is 0.0688. The normalized spacial score (nSPS) is 22.8. The number of carbonyl (C=O) groups excluding carboxylic acids is 3. The summed E-state index contributed by atoms with van der Waals surface area (Å²) < 4.78 is 8.49. The third-order valence-corrected chi connectivity index (χ3v) is 8.69. The first-order valence-electron chi connectivity index (χ1n) is 14.8. The van der Waals surface area contributed by atoms with Gasteiger partial charge in [0.05, 0.1) is 17.6 Å². The van der Waals surface area contributed by atoms with E-state index in [-0.39, 0.29) is 35.9 Å². The van der Waals surface area contributed by atoms with Crippen molar-refractivity contribution in [2.75, 3.05) is 53.4 Å². The van der Waals surface area contributed by atoms with Gasteiger partial charge in [-0.05, 0) is 58.1 Å². The van der Waals surface area contributed by atoms with Gasteiger partial charge in [0.25, 0.3) is 0 Å². The van der Waals surface area contributed by atoms with Crippen molar-refractivity contribution in [3.8, 4) is 0 Å². The minimum Gasteiger partial charge on any atom is -0.449 e. The molecule has 3 fully saturated rings. The van der Waals surface area contributed by atoms with Crippen LogP contribution in [0.4, 0.5) is 14.4 Å². The molecule has 1 aromatic carbocycles. The Morgan fingerprint density at radius 1 is 0.976 bits per heavy atom. The number of hydrogen-bond acceptors (Lipinski definition) is 6. The molecule has 2 aromatic rings. The quantitative estimate of drug-likeness (QED) is 0.536. The highest BCUT2D eigenvalue weighted by molar-refractivity contribution is 5.89. The summed E-state index contributed by atoms with van der Waals surface area (Å²) in [4.78, 5) is 58.6. The number of ether oxygens (including phenoxy) is 1. The zero-order valence-corrected chi connectivity index (χ0v) is 24.6. The van der Waals surface area contributed by atoms with E-state index in [1.807, 2.05) is 38.1 Å². The number of rotatable bonds is 6. The highest BCUT2D eigenvalue weighted by Gasteiger charge is 2.41. The minimum atomic E-state index is -0.359. The van der Waals surface area contributed by atoms with Gasteiger partial charge in [-0.2, -0.15) is 0 Å². The Balaban J connectivity index is 1.08. The topological polar surface area (TPSA) is 112 Å². The van der Waals surface area contributed by atoms with Crippen molar-refractivity contribution < 1.29 is 19.1 Å². The standard InChI is InChI=1S/C29H43N7O5/c1-20(2)35-24-8-5-6-9-25(24)36(28(35)39)26(37)30-21-18-22-10-11-23(19-21)34(22)12-7-17-41-29(40)33-15-13-32(14-16-33)27(38)31(3)4/h5-6,8-9,20-23H,7,10-19H2,1-4H3,(H,30,37). The molecular formula is C29H43N7O5. The Bertz CT molecular complexity index is 1310. The van der Waals surface area contributed by atoms with Gasteiger partial charge in [-0.25, -0.2) is 23.7 Å². The first-order valence-corrected chi connectivity index (χ1v) is 14.8. The van der Waals surface area contributed by atoms with Gasteiger partial charge in [0.1, 0.15) is 0 Å². The van der Waals surface area contributed by atoms with Gasteiger partial charge >= 0.3 is 23.8 Å². The van der Waals surface area contributed by atoms with Crippen molar-refractivity contribution in [2.24, 2.45) is 0 Å². The lowest BCUT2D eigenvalue weighted by Gasteiger charge is -2.39. The molecule has 2 bridgehead atoms. The van der Waals surface area contributed by atoms with Crippen LogP contribution in [-0.2, 0) is 4.74 Å². The number of benzene rings is 1. The number of aromatic nitrogens is 2. The van der Waals surface area contributed by atoms with Crippen molar-refractivity contribution in [1.29, 1.82) is 0 Å². The first kappa shape index (κ1) is 29.0. The van der Waals surface area contributed by atoms with Gasteiger partial charge < -0.3 is 24.8 Å². The van der Waals surface area contributed by atoms with Crippen molar-refractivity contribution in [2.45, 2.75) is 70.1 Å². The summed E-state index contributed by atoms with van der Waals surface area (Å²) in [6.07, 6.45) is 4.28. The van der Waals surface area contributed by atoms with E-state index in [2.05, 4.69) is 10.2 Å². The average Bonchev–Trinajstić information content (AvgIpc) is 3.38. The zero-order valence-electron chi connectivity index (χ0n) is 24.6. The maximum absolute atomic E-state index is 13.3. The molecule has 4 amide bonds. The van der Waals surface area contributed by atoms with Crippen LogP contribution in [0.2, 0.25) is 0 Å². The molecule has 2 atom stereocenters. The summed E-state index contributed by atoms with van der Waals surface area (Å²) in [7, 11) is 3.45. The van der Waals surface area contributed by atoms with Crippen LogP contribution in [0.3, 0.4) is 0 Å². The smallest absolute Gasteiger partial charge is 0.409 e. The number of piperazine rings is 1. The molecule has 0 aliphatic carbocycles. The molecule has 3 aliphatic heterocycles. The summed E-state index contributed by atoms with van der Waals surface area (Å²) in [5.74, 6) is 0. The number of piperidine rings is 1. The Labute approximate surface area is 240 Å². The van der Waals surface area contributed by atoms with E-state index >= 15 is 0 Å². The molecule has 1 aromatic heterocycles. The maximum atomic E-state index is 13.3. The predicted molar refractivity (Wildman–Crippen MR) is 155 cm³/mol. The molecule has 0 spiro atoms. The number of para-hydroxylation sites is 2. The van der Waals surface area contributed by atoms with Crippen LogP contribution < -0.4 is 11.0 Å². The lowest BCUT2D eigenvalue weighted by Crippen LogP contribution is -2.53. The fourth-order valence-corrected chi connectivity index (χ4v) is 6.72. The number of imidazole rings is 1. The van der Waals surface area contributed by atoms with Crippen LogP contribution in [0.25, 0.3) is 11.0 Å². The SMILES string of the molecule is CC(C)n1c(=O)n(C(=O)NC2CC3CCC(C2)N3CCCOC(=O)N2CCN(C(=O)N(C)C)CC2)c2ccccc21. The van der Waals surface area contributed by atoms with Gasteiger partial charge in [0.15, 0.2) is 0 Å². The molecule has 0 radical (unpaired) electrons. The van der Waals surface area contributed by atoms with Crippen molar-refractivity contribution in [3.63, 3.8) is 0 Å². The van der Waals surface area contributed by atoms with E-state index in [9.17, 15) is 19.2 Å². The highest BCUT2D eigenvalue weighted by atomic mass is 16.6. The third-order valence-electron chi connectivity index (χ3n) is 8.69. The second kappa shape index (κ2) is 12.1. The number of amides is 4. The Kier molecular flexibility index (Phi) is 8.58. The molecule has 12 heteroatoms. The molecule has 41 heavy (non-hydrogen) atoms. The van der Waals surface area contributed by atoms with Crippen LogP contribution in [0.1, 0.15) is 52.0 Å². The molecule has 224 valence electrons. The van der Waals surface area contributed by atoms with Crippen LogP contribution >= 0.6 is 0 Å². The zero-order chi connectivity index (χ0) is 29.3. The molecule has 1 N–H and O–H groups in total. The first-order chi connectivity index (χ1) is 19.7. The predicted octanol–water partition coefficient (Wildman–Crippen LogP) is 2.76. The van der Waals surface area contributed by atoms with Crippen molar-refractivity contribution in [1.82, 2.24) is 34.1 Å². The fraction of sp³-hybridized carbons (Fsp3) is 0.655. The molecule has 2 unspecified atom stereocenters. The monoisotopic (exact) mass is 569 g/mol. The average molecular weight is 570 g/mol. The van der Waals surface area contributed by atoms with E-state index in [1.165, 1.54) is 4.57 Å². The van der Waals surface area contributed by atoms with E-state index in [1.54, 1.807) is 33.4 Å². The molecule has 12 nitrogen and oxygen atoms in total. The second-order valence-electron chi connectivity index (χ2n) is 11.9. The summed E-state index contributed by atoms with van der Waals surface area (Å²) in [6, 6.07) is 7.73. The number of hydrogen-bond donors (Lipinski definition) is 1. The minimum absolute atomic E-state index is 0.0141. The van der Waals surface area contributed by atoms with Crippen LogP contribution in [0.5, 0.6) is 0 Å². The van der Waals surface area contributed by atoms with Gasteiger partial charge in [-0.1, -0.05) is 12.1 Å². The molecule has 4 heterocycles. The van der Waals surface area contributed by atoms with Gasteiger partial charge in [-0.3, -0.25) is 9.47 Å². The van der Waals surface area contributed by atoms with Gasteiger partial charge in [0.2, 0.25) is 0 Å². The molecular weight excluding hydrogens is 526 g/mol. The van der Waals surface area contributed by atoms with E-state index in [4.69, 9.17) is 4.74 Å². The number of urea groups is 1. The highest BCUT2D eigenvalue weighted by Crippen LogP contribution is 2.36. The van der Waals surface area contributed by atoms with E-state index < -0.39 is 0 Å². The van der Waals surface area contributed by atoms with Crippen LogP contribution in [0, 0.1) is 0 Å². The summed E-state index contributed by atoms with van der Waals surface area (Å²) in [5.41, 5.74) is 1.08. The van der Waals surface area contributed by atoms with Crippen molar-refractivity contribution in [3.05, 3.63) is 34.7 Å². The molecule has 0 saturated carbocycles. The molecule has 3 saturated heterocycles. The van der Waals surface area contributed by atoms with Gasteiger partial charge in [-0.15, -0.1) is 0 Å². The van der Waals surface area contributed by atoms with E-state index in [0.717, 1.165) is 44.2 Å². The lowest BCUT2D eigenvalue weighted by atomic mass is 9.97. The second-order valence-corrected chi connectivity index (χ2v) is 11.9. The summed E-state index contributed by atoms with van der Waals surface area (Å²) in [5, 5.41) is 3.16. The number of fused-ring (bicyclic) bond motifs is 3. The number of nitrogens with zero attached hydrogens (tertiary/aromatic N) is 6. The fourth-order valence-electron chi connectivity index (χ4n) is 6.72. The summed E-state index contributed by atoms with van der Waals surface area (Å²) in [6.45, 7) is 7.06. The van der Waals surface area contributed by atoms with Gasteiger partial charge in [0, 0.05) is 71.0 Å². The number of nitrogens with one attached hydrogen (secondary N) is 1. The Morgan fingerprint density at radius 2 is 1.59 bits per heavy atom. The van der Waals surface area contributed by atoms with Crippen LogP contribution in [-0.4, -0.2) is 118 Å². The molecule has 5 rings (SSSR count). The van der Waals surface area contributed by atoms with Crippen molar-refractivity contribution >= 4 is 29.2 Å². The van der Waals surface area contributed by atoms with Crippen LogP contribution in [0.15, 0.2) is 29.1 Å².